The van der Waals surface area contributed by atoms with Gasteiger partial charge in [-0.25, -0.2) is 0 Å². The van der Waals surface area contributed by atoms with Crippen LogP contribution in [-0.4, -0.2) is 13.1 Å². The lowest BCUT2D eigenvalue weighted by molar-refractivity contribution is 0.584. The lowest BCUT2D eigenvalue weighted by atomic mass is 10.1. The SMILES string of the molecule is CCCNCCCCCCc1cc(Br)ccc1Br. The van der Waals surface area contributed by atoms with E-state index in [1.807, 2.05) is 0 Å². The van der Waals surface area contributed by atoms with Crippen LogP contribution in [0.25, 0.3) is 0 Å². The third kappa shape index (κ3) is 6.91. The third-order valence-corrected chi connectivity index (χ3v) is 4.25. The van der Waals surface area contributed by atoms with Crippen molar-refractivity contribution in [3.63, 3.8) is 0 Å². The molecule has 0 bridgehead atoms. The normalized spacial score (nSPS) is 10.8. The summed E-state index contributed by atoms with van der Waals surface area (Å²) in [6, 6.07) is 6.41. The molecule has 0 aliphatic heterocycles. The van der Waals surface area contributed by atoms with Crippen LogP contribution in [0.1, 0.15) is 44.6 Å². The van der Waals surface area contributed by atoms with Crippen LogP contribution in [-0.2, 0) is 6.42 Å². The smallest absolute Gasteiger partial charge is 0.0208 e. The molecule has 0 amide bonds. The Balaban J connectivity index is 2.09. The van der Waals surface area contributed by atoms with Crippen molar-refractivity contribution in [1.29, 1.82) is 0 Å². The fourth-order valence-electron chi connectivity index (χ4n) is 1.96. The molecule has 1 nitrogen and oxygen atoms in total. The molecule has 18 heavy (non-hydrogen) atoms. The summed E-state index contributed by atoms with van der Waals surface area (Å²) >= 11 is 7.14. The Morgan fingerprint density at radius 1 is 1.00 bits per heavy atom. The number of nitrogens with one attached hydrogen (secondary N) is 1. The Labute approximate surface area is 128 Å². The zero-order valence-corrected chi connectivity index (χ0v) is 14.3. The number of hydrogen-bond donors (Lipinski definition) is 1. The Bertz CT molecular complexity index is 339. The topological polar surface area (TPSA) is 12.0 Å². The van der Waals surface area contributed by atoms with E-state index in [1.54, 1.807) is 0 Å². The van der Waals surface area contributed by atoms with Crippen LogP contribution in [0.2, 0.25) is 0 Å². The maximum atomic E-state index is 3.61. The second-order valence-electron chi connectivity index (χ2n) is 4.65. The molecule has 0 atom stereocenters. The predicted molar refractivity (Wildman–Crippen MR) is 87.2 cm³/mol. The van der Waals surface area contributed by atoms with E-state index in [0.717, 1.165) is 6.54 Å². The predicted octanol–water partition coefficient (Wildman–Crippen LogP) is 5.31. The first-order valence-corrected chi connectivity index (χ1v) is 8.47. The van der Waals surface area contributed by atoms with Gasteiger partial charge in [0.25, 0.3) is 0 Å². The maximum Gasteiger partial charge on any atom is 0.0208 e. The Morgan fingerprint density at radius 2 is 1.78 bits per heavy atom. The zero-order valence-electron chi connectivity index (χ0n) is 11.1. The highest BCUT2D eigenvalue weighted by Gasteiger charge is 2.00. The molecule has 0 saturated carbocycles. The minimum atomic E-state index is 1.16. The summed E-state index contributed by atoms with van der Waals surface area (Å²) in [5.41, 5.74) is 1.41. The number of rotatable bonds is 9. The number of halogens is 2. The van der Waals surface area contributed by atoms with Gasteiger partial charge in [-0.2, -0.15) is 0 Å². The van der Waals surface area contributed by atoms with Gasteiger partial charge in [-0.15, -0.1) is 0 Å². The standard InChI is InChI=1S/C15H23Br2N/c1-2-10-18-11-6-4-3-5-7-13-12-14(16)8-9-15(13)17/h8-9,12,18H,2-7,10-11H2,1H3. The van der Waals surface area contributed by atoms with Gasteiger partial charge in [0.2, 0.25) is 0 Å². The molecule has 1 N–H and O–H groups in total. The van der Waals surface area contributed by atoms with Gasteiger partial charge in [0.1, 0.15) is 0 Å². The van der Waals surface area contributed by atoms with Gasteiger partial charge in [0, 0.05) is 8.95 Å². The van der Waals surface area contributed by atoms with Gasteiger partial charge in [-0.1, -0.05) is 51.6 Å². The van der Waals surface area contributed by atoms with Crippen LogP contribution in [0.3, 0.4) is 0 Å². The molecule has 0 radical (unpaired) electrons. The van der Waals surface area contributed by atoms with Crippen LogP contribution < -0.4 is 5.32 Å². The molecule has 0 heterocycles. The molecule has 0 unspecified atom stereocenters. The van der Waals surface area contributed by atoms with Crippen LogP contribution in [0, 0.1) is 0 Å². The fourth-order valence-corrected chi connectivity index (χ4v) is 2.81. The molecule has 3 heteroatoms. The highest BCUT2D eigenvalue weighted by atomic mass is 79.9. The lowest BCUT2D eigenvalue weighted by Gasteiger charge is -2.06. The summed E-state index contributed by atoms with van der Waals surface area (Å²) in [6.07, 6.45) is 7.65. The molecular weight excluding hydrogens is 354 g/mol. The number of benzene rings is 1. The van der Waals surface area contributed by atoms with Gasteiger partial charge in [-0.05, 0) is 62.5 Å². The Kier molecular flexibility index (Phi) is 8.99. The average molecular weight is 377 g/mol. The van der Waals surface area contributed by atoms with E-state index in [1.165, 1.54) is 59.6 Å². The number of hydrogen-bond acceptors (Lipinski definition) is 1. The third-order valence-electron chi connectivity index (χ3n) is 2.98. The van der Waals surface area contributed by atoms with Crippen molar-refractivity contribution < 1.29 is 0 Å². The molecule has 0 spiro atoms. The van der Waals surface area contributed by atoms with Crippen LogP contribution in [0.15, 0.2) is 27.1 Å². The Morgan fingerprint density at radius 3 is 2.56 bits per heavy atom. The summed E-state index contributed by atoms with van der Waals surface area (Å²) < 4.78 is 2.40. The van der Waals surface area contributed by atoms with Gasteiger partial charge in [0.05, 0.1) is 0 Å². The van der Waals surface area contributed by atoms with Crippen LogP contribution >= 0.6 is 31.9 Å². The largest absolute Gasteiger partial charge is 0.317 e. The van der Waals surface area contributed by atoms with Crippen molar-refractivity contribution in [3.05, 3.63) is 32.7 Å². The van der Waals surface area contributed by atoms with Gasteiger partial charge >= 0.3 is 0 Å². The van der Waals surface area contributed by atoms with Crippen molar-refractivity contribution >= 4 is 31.9 Å². The van der Waals surface area contributed by atoms with Gasteiger partial charge < -0.3 is 5.32 Å². The monoisotopic (exact) mass is 375 g/mol. The lowest BCUT2D eigenvalue weighted by Crippen LogP contribution is -2.15. The maximum absolute atomic E-state index is 3.61. The first-order chi connectivity index (χ1) is 8.74. The highest BCUT2D eigenvalue weighted by molar-refractivity contribution is 9.11. The van der Waals surface area contributed by atoms with Crippen LogP contribution in [0.5, 0.6) is 0 Å². The van der Waals surface area contributed by atoms with E-state index in [-0.39, 0.29) is 0 Å². The summed E-state index contributed by atoms with van der Waals surface area (Å²) in [5, 5.41) is 3.45. The first kappa shape index (κ1) is 16.2. The molecule has 0 saturated heterocycles. The summed E-state index contributed by atoms with van der Waals surface area (Å²) in [4.78, 5) is 0. The number of unbranched alkanes of at least 4 members (excludes halogenated alkanes) is 3. The van der Waals surface area contributed by atoms with E-state index in [2.05, 4.69) is 62.3 Å². The number of aryl methyl sites for hydroxylation is 1. The minimum Gasteiger partial charge on any atom is -0.317 e. The molecule has 0 aliphatic carbocycles. The molecule has 1 aromatic carbocycles. The molecule has 1 rings (SSSR count). The van der Waals surface area contributed by atoms with E-state index in [9.17, 15) is 0 Å². The van der Waals surface area contributed by atoms with Crippen molar-refractivity contribution in [1.82, 2.24) is 5.32 Å². The van der Waals surface area contributed by atoms with Crippen molar-refractivity contribution in [2.75, 3.05) is 13.1 Å². The molecule has 102 valence electrons. The molecule has 0 aliphatic rings. The highest BCUT2D eigenvalue weighted by Crippen LogP contribution is 2.23. The second-order valence-corrected chi connectivity index (χ2v) is 6.42. The second kappa shape index (κ2) is 9.99. The zero-order chi connectivity index (χ0) is 13.2. The van der Waals surface area contributed by atoms with Crippen molar-refractivity contribution in [2.45, 2.75) is 45.4 Å². The van der Waals surface area contributed by atoms with E-state index >= 15 is 0 Å². The van der Waals surface area contributed by atoms with E-state index in [0.29, 0.717) is 0 Å². The molecule has 1 aromatic rings. The van der Waals surface area contributed by atoms with Crippen LogP contribution in [0.4, 0.5) is 0 Å². The quantitative estimate of drug-likeness (QED) is 0.575. The minimum absolute atomic E-state index is 1.16. The summed E-state index contributed by atoms with van der Waals surface area (Å²) in [5.74, 6) is 0. The van der Waals surface area contributed by atoms with Gasteiger partial charge in [0.15, 0.2) is 0 Å². The van der Waals surface area contributed by atoms with Gasteiger partial charge in [-0.3, -0.25) is 0 Å². The fraction of sp³-hybridized carbons (Fsp3) is 0.600. The van der Waals surface area contributed by atoms with E-state index < -0.39 is 0 Å². The summed E-state index contributed by atoms with van der Waals surface area (Å²) in [7, 11) is 0. The summed E-state index contributed by atoms with van der Waals surface area (Å²) in [6.45, 7) is 4.54. The first-order valence-electron chi connectivity index (χ1n) is 6.88. The van der Waals surface area contributed by atoms with Crippen molar-refractivity contribution in [3.8, 4) is 0 Å². The van der Waals surface area contributed by atoms with Crippen molar-refractivity contribution in [2.24, 2.45) is 0 Å². The Hall–Kier alpha value is 0.140. The molecule has 0 aromatic heterocycles. The molecule has 0 fully saturated rings. The average Bonchev–Trinajstić information content (AvgIpc) is 2.36. The molecular formula is C15H23Br2N. The van der Waals surface area contributed by atoms with E-state index in [4.69, 9.17) is 0 Å².